The highest BCUT2D eigenvalue weighted by Crippen LogP contribution is 2.39. The number of carboxylic acid groups (broad SMARTS) is 1. The molecular weight excluding hydrogens is 364 g/mol. The lowest BCUT2D eigenvalue weighted by Gasteiger charge is -2.34. The van der Waals surface area contributed by atoms with E-state index in [1.165, 1.54) is 13.3 Å². The molecule has 1 aromatic carbocycles. The predicted octanol–water partition coefficient (Wildman–Crippen LogP) is 2.73. The minimum Gasteiger partial charge on any atom is -0.497 e. The van der Waals surface area contributed by atoms with Gasteiger partial charge < -0.3 is 24.2 Å². The van der Waals surface area contributed by atoms with E-state index in [1.54, 1.807) is 26.2 Å². The lowest BCUT2D eigenvalue weighted by atomic mass is 9.96. The normalized spacial score (nSPS) is 16.7. The van der Waals surface area contributed by atoms with Gasteiger partial charge in [0.25, 0.3) is 0 Å². The first kappa shape index (κ1) is 19.7. The van der Waals surface area contributed by atoms with Crippen LogP contribution in [0.5, 0.6) is 11.5 Å². The summed E-state index contributed by atoms with van der Waals surface area (Å²) < 4.78 is 16.0. The SMILES string of the molecule is CCOC(=O)c1cnc2c(OC)cc(OC)cc2c1N1CCCC(C(=O)O)C1. The van der Waals surface area contributed by atoms with E-state index in [0.29, 0.717) is 59.6 Å². The van der Waals surface area contributed by atoms with Gasteiger partial charge in [-0.25, -0.2) is 4.79 Å². The van der Waals surface area contributed by atoms with E-state index < -0.39 is 17.9 Å². The summed E-state index contributed by atoms with van der Waals surface area (Å²) in [6, 6.07) is 3.51. The van der Waals surface area contributed by atoms with Gasteiger partial charge in [0.2, 0.25) is 0 Å². The van der Waals surface area contributed by atoms with Gasteiger partial charge in [0, 0.05) is 30.7 Å². The fourth-order valence-electron chi connectivity index (χ4n) is 3.59. The third-order valence-corrected chi connectivity index (χ3v) is 4.92. The lowest BCUT2D eigenvalue weighted by Crippen LogP contribution is -2.39. The molecule has 1 aliphatic heterocycles. The standard InChI is InChI=1S/C20H24N2O6/c1-4-28-20(25)15-10-21-17-14(8-13(26-2)9-16(17)27-3)18(15)22-7-5-6-12(11-22)19(23)24/h8-10,12H,4-7,11H2,1-3H3,(H,23,24). The summed E-state index contributed by atoms with van der Waals surface area (Å²) in [6.45, 7) is 2.91. The molecule has 0 amide bonds. The number of hydrogen-bond donors (Lipinski definition) is 1. The number of anilines is 1. The van der Waals surface area contributed by atoms with Gasteiger partial charge in [-0.3, -0.25) is 9.78 Å². The summed E-state index contributed by atoms with van der Waals surface area (Å²) in [5.74, 6) is -0.764. The van der Waals surface area contributed by atoms with E-state index >= 15 is 0 Å². The monoisotopic (exact) mass is 388 g/mol. The molecule has 1 atom stereocenters. The molecule has 2 aromatic rings. The summed E-state index contributed by atoms with van der Waals surface area (Å²) in [7, 11) is 3.08. The third kappa shape index (κ3) is 3.67. The quantitative estimate of drug-likeness (QED) is 0.755. The molecule has 1 unspecified atom stereocenters. The van der Waals surface area contributed by atoms with Gasteiger partial charge in [0.05, 0.1) is 32.4 Å². The Labute approximate surface area is 163 Å². The Morgan fingerprint density at radius 3 is 2.71 bits per heavy atom. The molecule has 1 aliphatic rings. The van der Waals surface area contributed by atoms with E-state index in [2.05, 4.69) is 4.98 Å². The molecule has 0 aliphatic carbocycles. The van der Waals surface area contributed by atoms with Crippen LogP contribution in [-0.4, -0.2) is 55.9 Å². The number of methoxy groups -OCH3 is 2. The topological polar surface area (TPSA) is 98.2 Å². The highest BCUT2D eigenvalue weighted by Gasteiger charge is 2.30. The molecule has 0 spiro atoms. The van der Waals surface area contributed by atoms with E-state index in [-0.39, 0.29) is 6.61 Å². The molecule has 3 rings (SSSR count). The molecule has 0 saturated carbocycles. The minimum atomic E-state index is -0.837. The van der Waals surface area contributed by atoms with Gasteiger partial charge in [-0.1, -0.05) is 0 Å². The van der Waals surface area contributed by atoms with Crippen LogP contribution in [0.2, 0.25) is 0 Å². The van der Waals surface area contributed by atoms with Crippen LogP contribution in [0, 0.1) is 5.92 Å². The van der Waals surface area contributed by atoms with Gasteiger partial charge in [-0.15, -0.1) is 0 Å². The van der Waals surface area contributed by atoms with Crippen molar-refractivity contribution in [1.82, 2.24) is 4.98 Å². The second-order valence-electron chi connectivity index (χ2n) is 6.59. The molecular formula is C20H24N2O6. The van der Waals surface area contributed by atoms with Crippen LogP contribution in [0.1, 0.15) is 30.1 Å². The Morgan fingerprint density at radius 1 is 1.29 bits per heavy atom. The zero-order valence-electron chi connectivity index (χ0n) is 16.2. The number of carbonyl (C=O) groups excluding carboxylic acids is 1. The largest absolute Gasteiger partial charge is 0.497 e. The second-order valence-corrected chi connectivity index (χ2v) is 6.59. The van der Waals surface area contributed by atoms with Crippen molar-refractivity contribution in [3.05, 3.63) is 23.9 Å². The number of ether oxygens (including phenoxy) is 3. The van der Waals surface area contributed by atoms with Crippen molar-refractivity contribution < 1.29 is 28.9 Å². The van der Waals surface area contributed by atoms with Crippen molar-refractivity contribution in [3.8, 4) is 11.5 Å². The molecule has 28 heavy (non-hydrogen) atoms. The third-order valence-electron chi connectivity index (χ3n) is 4.92. The van der Waals surface area contributed by atoms with E-state index in [4.69, 9.17) is 14.2 Å². The van der Waals surface area contributed by atoms with E-state index in [0.717, 1.165) is 0 Å². The van der Waals surface area contributed by atoms with Gasteiger partial charge >= 0.3 is 11.9 Å². The first-order valence-electron chi connectivity index (χ1n) is 9.19. The first-order valence-corrected chi connectivity index (χ1v) is 9.19. The van der Waals surface area contributed by atoms with Gasteiger partial charge in [0.15, 0.2) is 0 Å². The number of esters is 1. The molecule has 1 N–H and O–H groups in total. The summed E-state index contributed by atoms with van der Waals surface area (Å²) >= 11 is 0. The Balaban J connectivity index is 2.23. The summed E-state index contributed by atoms with van der Waals surface area (Å²) in [4.78, 5) is 30.5. The van der Waals surface area contributed by atoms with E-state index in [1.807, 2.05) is 4.90 Å². The van der Waals surface area contributed by atoms with E-state index in [9.17, 15) is 14.7 Å². The molecule has 2 heterocycles. The fraction of sp³-hybridized carbons (Fsp3) is 0.450. The number of carbonyl (C=O) groups is 2. The zero-order chi connectivity index (χ0) is 20.3. The molecule has 8 nitrogen and oxygen atoms in total. The van der Waals surface area contributed by atoms with Crippen molar-refractivity contribution in [2.45, 2.75) is 19.8 Å². The number of hydrogen-bond acceptors (Lipinski definition) is 7. The average molecular weight is 388 g/mol. The maximum absolute atomic E-state index is 12.6. The maximum Gasteiger partial charge on any atom is 0.341 e. The van der Waals surface area contributed by atoms with Gasteiger partial charge in [-0.05, 0) is 25.8 Å². The molecule has 1 fully saturated rings. The first-order chi connectivity index (χ1) is 13.5. The number of piperidine rings is 1. The number of pyridine rings is 1. The van der Waals surface area contributed by atoms with Crippen LogP contribution >= 0.6 is 0 Å². The number of carboxylic acids is 1. The predicted molar refractivity (Wildman–Crippen MR) is 103 cm³/mol. The van der Waals surface area contributed by atoms with Crippen LogP contribution in [0.3, 0.4) is 0 Å². The number of fused-ring (bicyclic) bond motifs is 1. The van der Waals surface area contributed by atoms with Crippen molar-refractivity contribution in [2.75, 3.05) is 38.8 Å². The highest BCUT2D eigenvalue weighted by atomic mass is 16.5. The molecule has 0 radical (unpaired) electrons. The highest BCUT2D eigenvalue weighted by molar-refractivity contribution is 6.07. The summed E-state index contributed by atoms with van der Waals surface area (Å²) in [6.07, 6.45) is 2.79. The number of rotatable bonds is 6. The number of benzene rings is 1. The van der Waals surface area contributed by atoms with Gasteiger partial charge in [0.1, 0.15) is 22.6 Å². The van der Waals surface area contributed by atoms with Crippen LogP contribution in [0.25, 0.3) is 10.9 Å². The molecule has 0 bridgehead atoms. The number of aromatic nitrogens is 1. The molecule has 1 saturated heterocycles. The fourth-order valence-corrected chi connectivity index (χ4v) is 3.59. The smallest absolute Gasteiger partial charge is 0.341 e. The Morgan fingerprint density at radius 2 is 2.07 bits per heavy atom. The van der Waals surface area contributed by atoms with Crippen molar-refractivity contribution >= 4 is 28.5 Å². The van der Waals surface area contributed by atoms with Crippen molar-refractivity contribution in [2.24, 2.45) is 5.92 Å². The summed E-state index contributed by atoms with van der Waals surface area (Å²) in [5, 5.41) is 10.1. The van der Waals surface area contributed by atoms with Crippen LogP contribution in [0.15, 0.2) is 18.3 Å². The number of aliphatic carboxylic acids is 1. The van der Waals surface area contributed by atoms with Crippen LogP contribution in [0.4, 0.5) is 5.69 Å². The number of nitrogens with zero attached hydrogens (tertiary/aromatic N) is 2. The van der Waals surface area contributed by atoms with Crippen LogP contribution in [-0.2, 0) is 9.53 Å². The Bertz CT molecular complexity index is 898. The van der Waals surface area contributed by atoms with Crippen LogP contribution < -0.4 is 14.4 Å². The Kier molecular flexibility index (Phi) is 5.87. The van der Waals surface area contributed by atoms with Crippen molar-refractivity contribution in [3.63, 3.8) is 0 Å². The molecule has 8 heteroatoms. The Hall–Kier alpha value is -3.03. The minimum absolute atomic E-state index is 0.232. The van der Waals surface area contributed by atoms with Gasteiger partial charge in [-0.2, -0.15) is 0 Å². The maximum atomic E-state index is 12.6. The average Bonchev–Trinajstić information content (AvgIpc) is 2.72. The molecule has 150 valence electrons. The zero-order valence-corrected chi connectivity index (χ0v) is 16.2. The second kappa shape index (κ2) is 8.33. The van der Waals surface area contributed by atoms with Crippen molar-refractivity contribution in [1.29, 1.82) is 0 Å². The summed E-state index contributed by atoms with van der Waals surface area (Å²) in [5.41, 5.74) is 1.48. The lowest BCUT2D eigenvalue weighted by molar-refractivity contribution is -0.141. The molecule has 1 aromatic heterocycles.